The summed E-state index contributed by atoms with van der Waals surface area (Å²) in [5.74, 6) is 2.12. The van der Waals surface area contributed by atoms with Crippen molar-refractivity contribution >= 4 is 17.7 Å². The highest BCUT2D eigenvalue weighted by Crippen LogP contribution is 2.26. The molecule has 1 N–H and O–H groups in total. The van der Waals surface area contributed by atoms with E-state index in [9.17, 15) is 4.79 Å². The third kappa shape index (κ3) is 5.53. The minimum absolute atomic E-state index is 0.0267. The second-order valence-corrected chi connectivity index (χ2v) is 9.04. The van der Waals surface area contributed by atoms with Crippen molar-refractivity contribution in [2.45, 2.75) is 76.2 Å². The molecule has 156 valence electrons. The van der Waals surface area contributed by atoms with Gasteiger partial charge in [-0.05, 0) is 67.7 Å². The molecule has 1 fully saturated rings. The van der Waals surface area contributed by atoms with Crippen molar-refractivity contribution in [1.82, 2.24) is 15.5 Å². The van der Waals surface area contributed by atoms with E-state index in [1.807, 2.05) is 6.07 Å². The van der Waals surface area contributed by atoms with Gasteiger partial charge in [-0.25, -0.2) is 0 Å². The number of ether oxygens (including phenoxy) is 1. The molecule has 0 bridgehead atoms. The second kappa shape index (κ2) is 9.65. The Hall–Kier alpha value is -2.02. The van der Waals surface area contributed by atoms with Crippen LogP contribution >= 0.6 is 11.8 Å². The average molecular weight is 416 g/mol. The number of aromatic nitrogens is 2. The molecule has 0 radical (unpaired) electrons. The van der Waals surface area contributed by atoms with Gasteiger partial charge < -0.3 is 14.5 Å². The van der Waals surface area contributed by atoms with Crippen molar-refractivity contribution in [2.24, 2.45) is 5.92 Å². The molecule has 1 amide bonds. The fourth-order valence-electron chi connectivity index (χ4n) is 4.21. The SMILES string of the molecule is C[C@@H]1CCCC[C@H]1NC(=O)CSc1nnc(COc2ccc3c(c2)CCCC3)o1. The number of hydrogen-bond acceptors (Lipinski definition) is 6. The van der Waals surface area contributed by atoms with E-state index in [0.717, 1.165) is 25.0 Å². The van der Waals surface area contributed by atoms with Crippen molar-refractivity contribution in [1.29, 1.82) is 0 Å². The summed E-state index contributed by atoms with van der Waals surface area (Å²) in [7, 11) is 0. The number of aryl methyl sites for hydroxylation is 2. The van der Waals surface area contributed by atoms with E-state index in [1.165, 1.54) is 55.0 Å². The Kier molecular flexibility index (Phi) is 6.74. The lowest BCUT2D eigenvalue weighted by molar-refractivity contribution is -0.119. The van der Waals surface area contributed by atoms with E-state index in [1.54, 1.807) is 0 Å². The number of benzene rings is 1. The number of hydrogen-bond donors (Lipinski definition) is 1. The summed E-state index contributed by atoms with van der Waals surface area (Å²) in [6, 6.07) is 6.58. The third-order valence-corrected chi connectivity index (χ3v) is 6.73. The van der Waals surface area contributed by atoms with Crippen LogP contribution in [0.25, 0.3) is 0 Å². The maximum Gasteiger partial charge on any atom is 0.277 e. The van der Waals surface area contributed by atoms with Gasteiger partial charge >= 0.3 is 0 Å². The maximum absolute atomic E-state index is 12.2. The summed E-state index contributed by atoms with van der Waals surface area (Å²) in [4.78, 5) is 12.2. The zero-order valence-corrected chi connectivity index (χ0v) is 17.8. The first kappa shape index (κ1) is 20.3. The summed E-state index contributed by atoms with van der Waals surface area (Å²) >= 11 is 1.27. The molecule has 29 heavy (non-hydrogen) atoms. The standard InChI is InChI=1S/C22H29N3O3S/c1-15-6-2-5-9-19(15)23-20(26)14-29-22-25-24-21(28-22)13-27-18-11-10-16-7-3-4-8-17(16)12-18/h10-12,15,19H,2-9,13-14H2,1H3,(H,23,26)/t15-,19-/m1/s1. The fraction of sp³-hybridized carbons (Fsp3) is 0.591. The average Bonchev–Trinajstić information content (AvgIpc) is 3.20. The molecule has 2 aromatic rings. The van der Waals surface area contributed by atoms with Gasteiger partial charge in [0.05, 0.1) is 5.75 Å². The largest absolute Gasteiger partial charge is 0.484 e. The van der Waals surface area contributed by atoms with E-state index >= 15 is 0 Å². The highest BCUT2D eigenvalue weighted by molar-refractivity contribution is 7.99. The molecule has 1 heterocycles. The Labute approximate surface area is 176 Å². The van der Waals surface area contributed by atoms with Crippen LogP contribution in [0.4, 0.5) is 0 Å². The minimum atomic E-state index is 0.0267. The monoisotopic (exact) mass is 415 g/mol. The fourth-order valence-corrected chi connectivity index (χ4v) is 4.80. The van der Waals surface area contributed by atoms with Crippen molar-refractivity contribution in [3.63, 3.8) is 0 Å². The number of nitrogens with one attached hydrogen (secondary N) is 1. The molecule has 7 heteroatoms. The predicted octanol–water partition coefficient (Wildman–Crippen LogP) is 4.31. The molecule has 1 aromatic carbocycles. The summed E-state index contributed by atoms with van der Waals surface area (Å²) in [6.45, 7) is 2.45. The number of thioether (sulfide) groups is 1. The maximum atomic E-state index is 12.2. The highest BCUT2D eigenvalue weighted by Gasteiger charge is 2.23. The van der Waals surface area contributed by atoms with Gasteiger partial charge in [0, 0.05) is 6.04 Å². The second-order valence-electron chi connectivity index (χ2n) is 8.11. The zero-order valence-electron chi connectivity index (χ0n) is 17.0. The lowest BCUT2D eigenvalue weighted by Crippen LogP contribution is -2.41. The molecule has 1 saturated carbocycles. The van der Waals surface area contributed by atoms with Crippen molar-refractivity contribution < 1.29 is 13.9 Å². The molecule has 0 unspecified atom stereocenters. The lowest BCUT2D eigenvalue weighted by atomic mass is 9.86. The molecular formula is C22H29N3O3S. The van der Waals surface area contributed by atoms with Gasteiger partial charge in [-0.15, -0.1) is 10.2 Å². The van der Waals surface area contributed by atoms with E-state index in [-0.39, 0.29) is 18.3 Å². The van der Waals surface area contributed by atoms with E-state index < -0.39 is 0 Å². The number of amides is 1. The molecule has 0 saturated heterocycles. The molecule has 2 aliphatic carbocycles. The molecule has 1 aromatic heterocycles. The Balaban J connectivity index is 1.23. The van der Waals surface area contributed by atoms with Crippen LogP contribution in [0.15, 0.2) is 27.8 Å². The Bertz CT molecular complexity index is 838. The first-order valence-electron chi connectivity index (χ1n) is 10.7. The van der Waals surface area contributed by atoms with Gasteiger partial charge in [0.15, 0.2) is 6.61 Å². The van der Waals surface area contributed by atoms with Gasteiger partial charge in [-0.1, -0.05) is 37.6 Å². The van der Waals surface area contributed by atoms with Crippen LogP contribution in [0.5, 0.6) is 5.75 Å². The van der Waals surface area contributed by atoms with Crippen LogP contribution < -0.4 is 10.1 Å². The van der Waals surface area contributed by atoms with Gasteiger partial charge in [0.25, 0.3) is 11.1 Å². The normalized spacial score (nSPS) is 21.4. The summed E-state index contributed by atoms with van der Waals surface area (Å²) < 4.78 is 11.4. The van der Waals surface area contributed by atoms with Crippen LogP contribution in [-0.2, 0) is 24.2 Å². The molecule has 2 atom stereocenters. The van der Waals surface area contributed by atoms with E-state index in [2.05, 4.69) is 34.6 Å². The summed E-state index contributed by atoms with van der Waals surface area (Å²) in [5.41, 5.74) is 2.81. The topological polar surface area (TPSA) is 77.2 Å². The molecular weight excluding hydrogens is 386 g/mol. The van der Waals surface area contributed by atoms with Gasteiger partial charge in [0.1, 0.15) is 5.75 Å². The van der Waals surface area contributed by atoms with E-state index in [0.29, 0.717) is 23.1 Å². The first-order chi connectivity index (χ1) is 14.2. The van der Waals surface area contributed by atoms with Gasteiger partial charge in [-0.2, -0.15) is 0 Å². The molecule has 0 aliphatic heterocycles. The Morgan fingerprint density at radius 3 is 2.86 bits per heavy atom. The predicted molar refractivity (Wildman–Crippen MR) is 112 cm³/mol. The highest BCUT2D eigenvalue weighted by atomic mass is 32.2. The third-order valence-electron chi connectivity index (χ3n) is 5.92. The summed E-state index contributed by atoms with van der Waals surface area (Å²) in [5, 5.41) is 11.6. The van der Waals surface area contributed by atoms with E-state index in [4.69, 9.17) is 9.15 Å². The zero-order chi connectivity index (χ0) is 20.1. The summed E-state index contributed by atoms with van der Waals surface area (Å²) in [6.07, 6.45) is 9.52. The molecule has 0 spiro atoms. The number of rotatable bonds is 7. The van der Waals surface area contributed by atoms with Crippen LogP contribution in [-0.4, -0.2) is 27.9 Å². The number of carbonyl (C=O) groups excluding carboxylic acids is 1. The smallest absolute Gasteiger partial charge is 0.277 e. The van der Waals surface area contributed by atoms with Crippen molar-refractivity contribution in [3.8, 4) is 5.75 Å². The number of carbonyl (C=O) groups is 1. The first-order valence-corrected chi connectivity index (χ1v) is 11.6. The van der Waals surface area contributed by atoms with Gasteiger partial charge in [-0.3, -0.25) is 4.79 Å². The van der Waals surface area contributed by atoms with Crippen LogP contribution in [0, 0.1) is 5.92 Å². The minimum Gasteiger partial charge on any atom is -0.484 e. The Morgan fingerprint density at radius 1 is 1.17 bits per heavy atom. The van der Waals surface area contributed by atoms with Crippen molar-refractivity contribution in [3.05, 3.63) is 35.2 Å². The lowest BCUT2D eigenvalue weighted by Gasteiger charge is -2.29. The Morgan fingerprint density at radius 2 is 2.00 bits per heavy atom. The van der Waals surface area contributed by atoms with Crippen LogP contribution in [0.3, 0.4) is 0 Å². The number of nitrogens with zero attached hydrogens (tertiary/aromatic N) is 2. The molecule has 2 aliphatic rings. The quantitative estimate of drug-likeness (QED) is 0.679. The number of fused-ring (bicyclic) bond motifs is 1. The molecule has 4 rings (SSSR count). The van der Waals surface area contributed by atoms with Gasteiger partial charge in [0.2, 0.25) is 5.91 Å². The molecule has 6 nitrogen and oxygen atoms in total. The van der Waals surface area contributed by atoms with Crippen molar-refractivity contribution in [2.75, 3.05) is 5.75 Å². The van der Waals surface area contributed by atoms with Crippen LogP contribution in [0.2, 0.25) is 0 Å². The van der Waals surface area contributed by atoms with Crippen LogP contribution in [0.1, 0.15) is 62.5 Å².